The topological polar surface area (TPSA) is 27.7 Å². The third-order valence-electron chi connectivity index (χ3n) is 4.08. The van der Waals surface area contributed by atoms with Gasteiger partial charge in [0, 0.05) is 6.42 Å². The average molecular weight is 322 g/mol. The molecule has 1 heterocycles. The highest BCUT2D eigenvalue weighted by Crippen LogP contribution is 2.33. The molecule has 0 N–H and O–H groups in total. The molecule has 1 saturated heterocycles. The summed E-state index contributed by atoms with van der Waals surface area (Å²) in [6.45, 7) is 7.03. The fraction of sp³-hybridized carbons (Fsp3) is 0.238. The van der Waals surface area contributed by atoms with E-state index in [1.54, 1.807) is 12.7 Å². The molecule has 1 aliphatic heterocycles. The molecular weight excluding hydrogens is 300 g/mol. The minimum absolute atomic E-state index is 0.217. The van der Waals surface area contributed by atoms with Crippen LogP contribution >= 0.6 is 0 Å². The summed E-state index contributed by atoms with van der Waals surface area (Å²) in [4.78, 5) is 0. The molecule has 1 fully saturated rings. The zero-order chi connectivity index (χ0) is 16.7. The van der Waals surface area contributed by atoms with Crippen LogP contribution in [-0.4, -0.2) is 18.3 Å². The zero-order valence-electron chi connectivity index (χ0n) is 13.6. The van der Waals surface area contributed by atoms with E-state index in [0.29, 0.717) is 19.8 Å². The molecule has 0 amide bonds. The Kier molecular flexibility index (Phi) is 5.81. The van der Waals surface area contributed by atoms with Crippen molar-refractivity contribution in [3.8, 4) is 0 Å². The lowest BCUT2D eigenvalue weighted by Gasteiger charge is -2.30. The van der Waals surface area contributed by atoms with Gasteiger partial charge in [0.05, 0.1) is 32.5 Å². The minimum atomic E-state index is -0.677. The van der Waals surface area contributed by atoms with Crippen LogP contribution < -0.4 is 0 Å². The molecule has 0 aliphatic carbocycles. The molecule has 3 heteroatoms. The van der Waals surface area contributed by atoms with E-state index in [1.807, 2.05) is 67.1 Å². The number of hydrogen-bond donors (Lipinski definition) is 0. The Bertz CT molecular complexity index is 626. The van der Waals surface area contributed by atoms with Gasteiger partial charge >= 0.3 is 0 Å². The van der Waals surface area contributed by atoms with E-state index in [-0.39, 0.29) is 6.10 Å². The third-order valence-corrected chi connectivity index (χ3v) is 4.08. The number of ether oxygens (including phenoxy) is 3. The monoisotopic (exact) mass is 322 g/mol. The zero-order valence-corrected chi connectivity index (χ0v) is 13.6. The summed E-state index contributed by atoms with van der Waals surface area (Å²) in [5.74, 6) is 0. The van der Waals surface area contributed by atoms with Crippen LogP contribution in [0.15, 0.2) is 73.3 Å². The molecule has 24 heavy (non-hydrogen) atoms. The fourth-order valence-electron chi connectivity index (χ4n) is 2.67. The second-order valence-electron chi connectivity index (χ2n) is 5.80. The van der Waals surface area contributed by atoms with Gasteiger partial charge in [0.2, 0.25) is 0 Å². The molecule has 1 aliphatic rings. The predicted molar refractivity (Wildman–Crippen MR) is 93.7 cm³/mol. The lowest BCUT2D eigenvalue weighted by Crippen LogP contribution is -2.43. The summed E-state index contributed by atoms with van der Waals surface area (Å²) in [7, 11) is 0. The molecule has 124 valence electrons. The highest BCUT2D eigenvalue weighted by Gasteiger charge is 2.43. The second kappa shape index (κ2) is 8.25. The maximum Gasteiger partial charge on any atom is 0.136 e. The van der Waals surface area contributed by atoms with Crippen molar-refractivity contribution in [3.63, 3.8) is 0 Å². The van der Waals surface area contributed by atoms with Crippen LogP contribution in [0, 0.1) is 13.0 Å². The summed E-state index contributed by atoms with van der Waals surface area (Å²) in [5, 5.41) is 0. The van der Waals surface area contributed by atoms with E-state index >= 15 is 0 Å². The molecule has 0 spiro atoms. The first-order valence-electron chi connectivity index (χ1n) is 8.08. The van der Waals surface area contributed by atoms with E-state index in [9.17, 15) is 0 Å². The van der Waals surface area contributed by atoms with E-state index in [0.717, 1.165) is 11.1 Å². The Morgan fingerprint density at radius 1 is 0.958 bits per heavy atom. The summed E-state index contributed by atoms with van der Waals surface area (Å²) in [6.07, 6.45) is 3.47. The Morgan fingerprint density at radius 3 is 2.21 bits per heavy atom. The van der Waals surface area contributed by atoms with Gasteiger partial charge < -0.3 is 14.2 Å². The first-order valence-corrected chi connectivity index (χ1v) is 8.08. The SMILES string of the molecule is C=C[C@]1(COCc2ccccc2)O[CH][CH][C@@H]1OCc1ccccc1. The van der Waals surface area contributed by atoms with Crippen LogP contribution in [0.4, 0.5) is 0 Å². The van der Waals surface area contributed by atoms with Gasteiger partial charge in [-0.15, -0.1) is 6.58 Å². The maximum absolute atomic E-state index is 6.04. The van der Waals surface area contributed by atoms with Gasteiger partial charge in [0.15, 0.2) is 0 Å². The van der Waals surface area contributed by atoms with E-state index in [4.69, 9.17) is 14.2 Å². The maximum atomic E-state index is 6.04. The van der Waals surface area contributed by atoms with Crippen molar-refractivity contribution in [1.82, 2.24) is 0 Å². The van der Waals surface area contributed by atoms with Crippen LogP contribution in [0.25, 0.3) is 0 Å². The van der Waals surface area contributed by atoms with Gasteiger partial charge in [-0.2, -0.15) is 0 Å². The molecule has 0 saturated carbocycles. The summed E-state index contributed by atoms with van der Waals surface area (Å²) in [5.41, 5.74) is 1.58. The first-order chi connectivity index (χ1) is 11.8. The average Bonchev–Trinajstić information content (AvgIpc) is 3.05. The molecule has 2 aromatic rings. The normalized spacial score (nSPS) is 23.2. The fourth-order valence-corrected chi connectivity index (χ4v) is 2.67. The molecule has 0 unspecified atom stereocenters. The Hall–Kier alpha value is -1.94. The molecular formula is C21H22O3. The Labute approximate surface area is 143 Å². The standard InChI is InChI=1S/C21H22O3/c1-2-21(17-22-15-18-9-5-3-6-10-18)20(13-14-24-21)23-16-19-11-7-4-8-12-19/h2-14,20H,1,15-17H2/t20-,21+/m0/s1. The lowest BCUT2D eigenvalue weighted by atomic mass is 9.97. The smallest absolute Gasteiger partial charge is 0.136 e. The third kappa shape index (κ3) is 4.12. The summed E-state index contributed by atoms with van der Waals surface area (Å²) < 4.78 is 17.7. The van der Waals surface area contributed by atoms with Crippen LogP contribution in [-0.2, 0) is 27.4 Å². The van der Waals surface area contributed by atoms with Crippen molar-refractivity contribution in [2.45, 2.75) is 24.9 Å². The second-order valence-corrected chi connectivity index (χ2v) is 5.80. The highest BCUT2D eigenvalue weighted by atomic mass is 16.6. The number of rotatable bonds is 8. The molecule has 0 bridgehead atoms. The largest absolute Gasteiger partial charge is 0.373 e. The van der Waals surface area contributed by atoms with Crippen LogP contribution in [0.2, 0.25) is 0 Å². The molecule has 0 aromatic heterocycles. The van der Waals surface area contributed by atoms with Gasteiger partial charge in [-0.25, -0.2) is 0 Å². The van der Waals surface area contributed by atoms with E-state index < -0.39 is 5.60 Å². The van der Waals surface area contributed by atoms with Gasteiger partial charge in [0.1, 0.15) is 5.60 Å². The van der Waals surface area contributed by atoms with E-state index in [2.05, 4.69) is 6.58 Å². The van der Waals surface area contributed by atoms with Crippen molar-refractivity contribution in [1.29, 1.82) is 0 Å². The van der Waals surface area contributed by atoms with Crippen LogP contribution in [0.3, 0.4) is 0 Å². The molecule has 2 radical (unpaired) electrons. The summed E-state index contributed by atoms with van der Waals surface area (Å²) >= 11 is 0. The summed E-state index contributed by atoms with van der Waals surface area (Å²) in [6, 6.07) is 20.2. The van der Waals surface area contributed by atoms with Crippen molar-refractivity contribution in [2.75, 3.05) is 6.61 Å². The highest BCUT2D eigenvalue weighted by molar-refractivity contribution is 5.18. The molecule has 2 aromatic carbocycles. The number of benzene rings is 2. The van der Waals surface area contributed by atoms with Crippen LogP contribution in [0.5, 0.6) is 0 Å². The van der Waals surface area contributed by atoms with Crippen molar-refractivity contribution in [2.24, 2.45) is 0 Å². The van der Waals surface area contributed by atoms with Crippen molar-refractivity contribution in [3.05, 3.63) is 97.5 Å². The minimum Gasteiger partial charge on any atom is -0.373 e. The van der Waals surface area contributed by atoms with Crippen LogP contribution in [0.1, 0.15) is 11.1 Å². The van der Waals surface area contributed by atoms with Gasteiger partial charge in [-0.05, 0) is 11.1 Å². The van der Waals surface area contributed by atoms with Gasteiger partial charge in [0.25, 0.3) is 0 Å². The Morgan fingerprint density at radius 2 is 1.58 bits per heavy atom. The molecule has 3 rings (SSSR count). The molecule has 3 nitrogen and oxygen atoms in total. The van der Waals surface area contributed by atoms with Gasteiger partial charge in [-0.1, -0.05) is 66.7 Å². The predicted octanol–water partition coefficient (Wildman–Crippen LogP) is 4.11. The van der Waals surface area contributed by atoms with Gasteiger partial charge in [-0.3, -0.25) is 0 Å². The number of hydrogen-bond acceptors (Lipinski definition) is 3. The molecule has 2 atom stereocenters. The van der Waals surface area contributed by atoms with Crippen molar-refractivity contribution >= 4 is 0 Å². The quantitative estimate of drug-likeness (QED) is 0.685. The Balaban J connectivity index is 1.56. The van der Waals surface area contributed by atoms with Crippen molar-refractivity contribution < 1.29 is 14.2 Å². The lowest BCUT2D eigenvalue weighted by molar-refractivity contribution is -0.0934. The van der Waals surface area contributed by atoms with E-state index in [1.165, 1.54) is 0 Å². The first kappa shape index (κ1) is 16.9.